The number of rotatable bonds is 4. The Hall–Kier alpha value is -1.95. The van der Waals surface area contributed by atoms with Crippen LogP contribution in [-0.2, 0) is 4.79 Å². The molecule has 1 fully saturated rings. The highest BCUT2D eigenvalue weighted by atomic mass is 19.3. The third kappa shape index (κ3) is 4.53. The number of nitrogens with zero attached hydrogens (tertiary/aromatic N) is 1. The molecule has 0 aliphatic carbocycles. The van der Waals surface area contributed by atoms with Gasteiger partial charge < -0.3 is 14.7 Å². The molecular formula is C15H17F2NO3. The Morgan fingerprint density at radius 2 is 2.00 bits per heavy atom. The maximum absolute atomic E-state index is 12.3. The lowest BCUT2D eigenvalue weighted by Crippen LogP contribution is -2.39. The second kappa shape index (κ2) is 7.17. The fourth-order valence-corrected chi connectivity index (χ4v) is 2.17. The lowest BCUT2D eigenvalue weighted by Gasteiger charge is -2.28. The van der Waals surface area contributed by atoms with Crippen LogP contribution in [0.1, 0.15) is 18.4 Å². The maximum Gasteiger partial charge on any atom is 0.387 e. The predicted octanol–water partition coefficient (Wildman–Crippen LogP) is 2.28. The van der Waals surface area contributed by atoms with Crippen molar-refractivity contribution in [2.75, 3.05) is 13.1 Å². The van der Waals surface area contributed by atoms with E-state index in [1.54, 1.807) is 23.1 Å². The summed E-state index contributed by atoms with van der Waals surface area (Å²) in [5.41, 5.74) is 0.420. The number of aliphatic hydroxyl groups is 1. The molecule has 1 aliphatic heterocycles. The zero-order valence-corrected chi connectivity index (χ0v) is 11.4. The zero-order chi connectivity index (χ0) is 15.2. The molecule has 0 radical (unpaired) electrons. The van der Waals surface area contributed by atoms with Gasteiger partial charge in [-0.1, -0.05) is 18.2 Å². The van der Waals surface area contributed by atoms with Gasteiger partial charge >= 0.3 is 6.61 Å². The molecule has 1 saturated heterocycles. The summed E-state index contributed by atoms with van der Waals surface area (Å²) >= 11 is 0. The summed E-state index contributed by atoms with van der Waals surface area (Å²) in [6.45, 7) is -1.90. The van der Waals surface area contributed by atoms with E-state index in [-0.39, 0.29) is 17.8 Å². The maximum atomic E-state index is 12.3. The fraction of sp³-hybridized carbons (Fsp3) is 0.400. The number of alkyl halides is 2. The van der Waals surface area contributed by atoms with Crippen molar-refractivity contribution in [2.24, 2.45) is 0 Å². The van der Waals surface area contributed by atoms with Crippen LogP contribution in [0, 0.1) is 0 Å². The molecule has 21 heavy (non-hydrogen) atoms. The average Bonchev–Trinajstić information content (AvgIpc) is 2.46. The van der Waals surface area contributed by atoms with Crippen LogP contribution in [0.2, 0.25) is 0 Å². The molecule has 6 heteroatoms. The van der Waals surface area contributed by atoms with Crippen molar-refractivity contribution < 1.29 is 23.4 Å². The Morgan fingerprint density at radius 3 is 2.67 bits per heavy atom. The van der Waals surface area contributed by atoms with E-state index in [1.165, 1.54) is 18.2 Å². The third-order valence-electron chi connectivity index (χ3n) is 3.32. The molecule has 114 valence electrons. The summed E-state index contributed by atoms with van der Waals surface area (Å²) in [4.78, 5) is 13.6. The van der Waals surface area contributed by atoms with Crippen molar-refractivity contribution in [3.05, 3.63) is 35.9 Å². The molecule has 4 nitrogen and oxygen atoms in total. The second-order valence-electron chi connectivity index (χ2n) is 4.81. The Morgan fingerprint density at radius 1 is 1.33 bits per heavy atom. The van der Waals surface area contributed by atoms with Gasteiger partial charge in [0.05, 0.1) is 6.10 Å². The van der Waals surface area contributed by atoms with Crippen LogP contribution in [0.25, 0.3) is 6.08 Å². The molecule has 0 bridgehead atoms. The van der Waals surface area contributed by atoms with Crippen LogP contribution < -0.4 is 4.74 Å². The van der Waals surface area contributed by atoms with Crippen LogP contribution in [0.5, 0.6) is 5.75 Å². The van der Waals surface area contributed by atoms with Gasteiger partial charge in [-0.05, 0) is 25.0 Å². The van der Waals surface area contributed by atoms with Gasteiger partial charge in [0.2, 0.25) is 5.91 Å². The summed E-state index contributed by atoms with van der Waals surface area (Å²) in [6, 6.07) is 6.29. The van der Waals surface area contributed by atoms with Gasteiger partial charge in [-0.25, -0.2) is 0 Å². The molecule has 0 saturated carbocycles. The molecule has 0 aromatic heterocycles. The number of carbonyl (C=O) groups excluding carboxylic acids is 1. The number of para-hydroxylation sites is 1. The number of hydrogen-bond acceptors (Lipinski definition) is 3. The van der Waals surface area contributed by atoms with Gasteiger partial charge in [0, 0.05) is 24.7 Å². The molecule has 2 rings (SSSR count). The van der Waals surface area contributed by atoms with Crippen molar-refractivity contribution >= 4 is 12.0 Å². The minimum atomic E-state index is -2.90. The van der Waals surface area contributed by atoms with E-state index in [1.807, 2.05) is 0 Å². The third-order valence-corrected chi connectivity index (χ3v) is 3.32. The summed E-state index contributed by atoms with van der Waals surface area (Å²) in [5, 5.41) is 9.39. The van der Waals surface area contributed by atoms with E-state index in [0.717, 1.165) is 0 Å². The molecule has 1 aliphatic rings. The standard InChI is InChI=1S/C15H17F2NO3/c16-15(17)21-13-4-2-1-3-11(13)5-6-14(20)18-9-7-12(19)8-10-18/h1-6,12,15,19H,7-10H2/b6-5+. The van der Waals surface area contributed by atoms with Crippen molar-refractivity contribution in [1.29, 1.82) is 0 Å². The summed E-state index contributed by atoms with van der Waals surface area (Å²) in [7, 11) is 0. The van der Waals surface area contributed by atoms with Crippen LogP contribution >= 0.6 is 0 Å². The molecular weight excluding hydrogens is 280 g/mol. The number of amides is 1. The van der Waals surface area contributed by atoms with Crippen molar-refractivity contribution in [3.63, 3.8) is 0 Å². The SMILES string of the molecule is O=C(/C=C/c1ccccc1OC(F)F)N1CCC(O)CC1. The zero-order valence-electron chi connectivity index (χ0n) is 11.4. The number of carbonyl (C=O) groups is 1. The van der Waals surface area contributed by atoms with E-state index in [9.17, 15) is 18.7 Å². The van der Waals surface area contributed by atoms with Gasteiger partial charge in [0.25, 0.3) is 0 Å². The quantitative estimate of drug-likeness (QED) is 0.868. The number of benzene rings is 1. The Balaban J connectivity index is 2.02. The fourth-order valence-electron chi connectivity index (χ4n) is 2.17. The van der Waals surface area contributed by atoms with Gasteiger partial charge in [0.15, 0.2) is 0 Å². The molecule has 1 N–H and O–H groups in total. The van der Waals surface area contributed by atoms with Gasteiger partial charge in [-0.3, -0.25) is 4.79 Å². The summed E-state index contributed by atoms with van der Waals surface area (Å²) < 4.78 is 29.0. The first-order valence-corrected chi connectivity index (χ1v) is 6.75. The molecule has 0 spiro atoms. The van der Waals surface area contributed by atoms with Crippen LogP contribution in [0.3, 0.4) is 0 Å². The number of halogens is 2. The Bertz CT molecular complexity index is 511. The van der Waals surface area contributed by atoms with Crippen molar-refractivity contribution in [3.8, 4) is 5.75 Å². The molecule has 0 atom stereocenters. The van der Waals surface area contributed by atoms with E-state index >= 15 is 0 Å². The smallest absolute Gasteiger partial charge is 0.387 e. The Kier molecular flexibility index (Phi) is 5.27. The first-order chi connectivity index (χ1) is 10.1. The van der Waals surface area contributed by atoms with Crippen LogP contribution in [0.15, 0.2) is 30.3 Å². The number of aliphatic hydroxyl groups excluding tert-OH is 1. The van der Waals surface area contributed by atoms with E-state index in [0.29, 0.717) is 31.5 Å². The van der Waals surface area contributed by atoms with Gasteiger partial charge in [-0.2, -0.15) is 8.78 Å². The van der Waals surface area contributed by atoms with Gasteiger partial charge in [0.1, 0.15) is 5.75 Å². The van der Waals surface area contributed by atoms with Gasteiger partial charge in [-0.15, -0.1) is 0 Å². The molecule has 1 aromatic carbocycles. The lowest BCUT2D eigenvalue weighted by atomic mass is 10.1. The minimum absolute atomic E-state index is 0.0330. The topological polar surface area (TPSA) is 49.8 Å². The monoisotopic (exact) mass is 297 g/mol. The summed E-state index contributed by atoms with van der Waals surface area (Å²) in [6.07, 6.45) is 3.57. The number of hydrogen-bond donors (Lipinski definition) is 1. The average molecular weight is 297 g/mol. The number of likely N-dealkylation sites (tertiary alicyclic amines) is 1. The number of piperidine rings is 1. The molecule has 1 aromatic rings. The predicted molar refractivity (Wildman–Crippen MR) is 73.9 cm³/mol. The van der Waals surface area contributed by atoms with E-state index in [2.05, 4.69) is 4.74 Å². The van der Waals surface area contributed by atoms with Crippen molar-refractivity contribution in [1.82, 2.24) is 4.90 Å². The minimum Gasteiger partial charge on any atom is -0.434 e. The molecule has 0 unspecified atom stereocenters. The lowest BCUT2D eigenvalue weighted by molar-refractivity contribution is -0.127. The van der Waals surface area contributed by atoms with E-state index < -0.39 is 6.61 Å². The Labute approximate surface area is 121 Å². The first-order valence-electron chi connectivity index (χ1n) is 6.75. The van der Waals surface area contributed by atoms with Crippen molar-refractivity contribution in [2.45, 2.75) is 25.6 Å². The van der Waals surface area contributed by atoms with Crippen LogP contribution in [-0.4, -0.2) is 41.7 Å². The molecule has 1 amide bonds. The molecule has 1 heterocycles. The normalized spacial score (nSPS) is 16.7. The largest absolute Gasteiger partial charge is 0.434 e. The highest BCUT2D eigenvalue weighted by Gasteiger charge is 2.19. The van der Waals surface area contributed by atoms with Crippen LogP contribution in [0.4, 0.5) is 8.78 Å². The summed E-state index contributed by atoms with van der Waals surface area (Å²) in [5.74, 6) is -0.167. The highest BCUT2D eigenvalue weighted by Crippen LogP contribution is 2.21. The van der Waals surface area contributed by atoms with E-state index in [4.69, 9.17) is 0 Å². The highest BCUT2D eigenvalue weighted by molar-refractivity contribution is 5.92. The number of ether oxygens (including phenoxy) is 1. The second-order valence-corrected chi connectivity index (χ2v) is 4.81. The first kappa shape index (κ1) is 15.4.